The smallest absolute Gasteiger partial charge is 0.257 e. The molecule has 1 aliphatic rings. The summed E-state index contributed by atoms with van der Waals surface area (Å²) in [6.07, 6.45) is 0.956. The lowest BCUT2D eigenvalue weighted by Gasteiger charge is -2.29. The third-order valence-electron chi connectivity index (χ3n) is 4.54. The minimum absolute atomic E-state index is 0.0471. The molecular formula is C18H26N4O2S. The molecule has 1 fully saturated rings. The van der Waals surface area contributed by atoms with Crippen LogP contribution in [0.1, 0.15) is 46.0 Å². The van der Waals surface area contributed by atoms with Gasteiger partial charge in [0, 0.05) is 31.6 Å². The highest BCUT2D eigenvalue weighted by molar-refractivity contribution is 7.13. The van der Waals surface area contributed by atoms with Gasteiger partial charge in [-0.15, -0.1) is 21.5 Å². The van der Waals surface area contributed by atoms with Crippen LogP contribution in [-0.2, 0) is 4.79 Å². The Bertz CT molecular complexity index is 705. The Morgan fingerprint density at radius 1 is 1.24 bits per heavy atom. The van der Waals surface area contributed by atoms with E-state index in [1.165, 1.54) is 0 Å². The van der Waals surface area contributed by atoms with Crippen molar-refractivity contribution in [2.75, 3.05) is 26.2 Å². The molecule has 0 aliphatic carbocycles. The van der Waals surface area contributed by atoms with Crippen LogP contribution in [0.5, 0.6) is 0 Å². The lowest BCUT2D eigenvalue weighted by Crippen LogP contribution is -2.41. The molecule has 3 rings (SSSR count). The lowest BCUT2D eigenvalue weighted by atomic mass is 9.94. The molecular weight excluding hydrogens is 336 g/mol. The van der Waals surface area contributed by atoms with Crippen molar-refractivity contribution in [1.29, 1.82) is 0 Å². The zero-order valence-electron chi connectivity index (χ0n) is 15.4. The molecule has 136 valence electrons. The fourth-order valence-corrected chi connectivity index (χ4v) is 3.71. The van der Waals surface area contributed by atoms with E-state index in [0.717, 1.165) is 37.5 Å². The molecule has 6 nitrogen and oxygen atoms in total. The van der Waals surface area contributed by atoms with Gasteiger partial charge in [0.05, 0.1) is 10.9 Å². The van der Waals surface area contributed by atoms with E-state index in [1.807, 2.05) is 43.2 Å². The van der Waals surface area contributed by atoms with E-state index < -0.39 is 0 Å². The summed E-state index contributed by atoms with van der Waals surface area (Å²) in [5, 5.41) is 10.4. The summed E-state index contributed by atoms with van der Waals surface area (Å²) in [6, 6.07) is 4.00. The molecule has 0 spiro atoms. The first-order valence-electron chi connectivity index (χ1n) is 8.77. The highest BCUT2D eigenvalue weighted by Gasteiger charge is 2.30. The standard InChI is InChI=1S/C18H26N4O2S/c1-13(15-19-20-16(24-15)14-7-5-12-25-14)21-8-6-9-22(11-10-21)17(23)18(2,3)4/h5,7,12-13H,6,8-11H2,1-4H3/t13-/m0/s1. The number of amides is 1. The number of carbonyl (C=O) groups excluding carboxylic acids is 1. The summed E-state index contributed by atoms with van der Waals surface area (Å²) < 4.78 is 5.88. The molecule has 3 heterocycles. The van der Waals surface area contributed by atoms with Crippen molar-refractivity contribution in [2.24, 2.45) is 5.41 Å². The molecule has 0 saturated carbocycles. The normalized spacial score (nSPS) is 18.2. The Morgan fingerprint density at radius 3 is 2.72 bits per heavy atom. The maximum absolute atomic E-state index is 12.5. The van der Waals surface area contributed by atoms with Crippen molar-refractivity contribution in [1.82, 2.24) is 20.0 Å². The Balaban J connectivity index is 1.65. The average Bonchev–Trinajstić information content (AvgIpc) is 3.19. The van der Waals surface area contributed by atoms with Crippen LogP contribution in [-0.4, -0.2) is 52.1 Å². The lowest BCUT2D eigenvalue weighted by molar-refractivity contribution is -0.139. The second kappa shape index (κ2) is 7.25. The maximum Gasteiger partial charge on any atom is 0.257 e. The third-order valence-corrected chi connectivity index (χ3v) is 5.39. The molecule has 0 aromatic carbocycles. The van der Waals surface area contributed by atoms with Crippen LogP contribution < -0.4 is 0 Å². The van der Waals surface area contributed by atoms with Crippen LogP contribution in [0.15, 0.2) is 21.9 Å². The van der Waals surface area contributed by atoms with E-state index in [9.17, 15) is 4.79 Å². The Morgan fingerprint density at radius 2 is 2.04 bits per heavy atom. The van der Waals surface area contributed by atoms with Gasteiger partial charge in [-0.25, -0.2) is 0 Å². The van der Waals surface area contributed by atoms with Crippen molar-refractivity contribution >= 4 is 17.2 Å². The van der Waals surface area contributed by atoms with Crippen LogP contribution in [0.3, 0.4) is 0 Å². The van der Waals surface area contributed by atoms with Crippen LogP contribution in [0.4, 0.5) is 0 Å². The van der Waals surface area contributed by atoms with Gasteiger partial charge in [-0.2, -0.15) is 0 Å². The van der Waals surface area contributed by atoms with E-state index in [0.29, 0.717) is 11.8 Å². The highest BCUT2D eigenvalue weighted by Crippen LogP contribution is 2.27. The molecule has 1 saturated heterocycles. The van der Waals surface area contributed by atoms with E-state index in [-0.39, 0.29) is 17.4 Å². The quantitative estimate of drug-likeness (QED) is 0.837. The first-order valence-corrected chi connectivity index (χ1v) is 9.65. The highest BCUT2D eigenvalue weighted by atomic mass is 32.1. The number of carbonyl (C=O) groups is 1. The van der Waals surface area contributed by atoms with Crippen molar-refractivity contribution in [3.8, 4) is 10.8 Å². The summed E-state index contributed by atoms with van der Waals surface area (Å²) in [4.78, 5) is 17.8. The zero-order valence-corrected chi connectivity index (χ0v) is 16.2. The number of nitrogens with zero attached hydrogens (tertiary/aromatic N) is 4. The fraction of sp³-hybridized carbons (Fsp3) is 0.611. The van der Waals surface area contributed by atoms with E-state index in [4.69, 9.17) is 4.42 Å². The Hall–Kier alpha value is -1.73. The van der Waals surface area contributed by atoms with Gasteiger partial charge >= 0.3 is 0 Å². The number of hydrogen-bond donors (Lipinski definition) is 0. The molecule has 2 aromatic heterocycles. The van der Waals surface area contributed by atoms with Gasteiger partial charge in [0.15, 0.2) is 0 Å². The molecule has 1 atom stereocenters. The molecule has 0 bridgehead atoms. The summed E-state index contributed by atoms with van der Waals surface area (Å²) in [5.74, 6) is 1.44. The van der Waals surface area contributed by atoms with Crippen LogP contribution in [0, 0.1) is 5.41 Å². The van der Waals surface area contributed by atoms with Crippen LogP contribution in [0.2, 0.25) is 0 Å². The van der Waals surface area contributed by atoms with Crippen LogP contribution >= 0.6 is 11.3 Å². The van der Waals surface area contributed by atoms with Crippen molar-refractivity contribution in [3.63, 3.8) is 0 Å². The van der Waals surface area contributed by atoms with Crippen molar-refractivity contribution in [2.45, 2.75) is 40.2 Å². The summed E-state index contributed by atoms with van der Waals surface area (Å²) >= 11 is 1.59. The topological polar surface area (TPSA) is 62.5 Å². The largest absolute Gasteiger partial charge is 0.418 e. The molecule has 1 aliphatic heterocycles. The van der Waals surface area contributed by atoms with E-state index >= 15 is 0 Å². The Kier molecular flexibility index (Phi) is 5.24. The molecule has 1 amide bonds. The average molecular weight is 362 g/mol. The third kappa shape index (κ3) is 4.10. The maximum atomic E-state index is 12.5. The number of rotatable bonds is 3. The molecule has 2 aromatic rings. The Labute approximate surface area is 152 Å². The second-order valence-electron chi connectivity index (χ2n) is 7.53. The van der Waals surface area contributed by atoms with Gasteiger partial charge in [0.2, 0.25) is 11.8 Å². The predicted octanol–water partition coefficient (Wildman–Crippen LogP) is 3.44. The molecule has 7 heteroatoms. The van der Waals surface area contributed by atoms with Gasteiger partial charge in [-0.3, -0.25) is 9.69 Å². The minimum atomic E-state index is -0.330. The van der Waals surface area contributed by atoms with E-state index in [1.54, 1.807) is 11.3 Å². The summed E-state index contributed by atoms with van der Waals surface area (Å²) in [5.41, 5.74) is -0.330. The van der Waals surface area contributed by atoms with Gasteiger partial charge in [-0.1, -0.05) is 26.8 Å². The number of thiophene rings is 1. The SMILES string of the molecule is C[C@@H](c1nnc(-c2cccs2)o1)N1CCCN(C(=O)C(C)(C)C)CC1. The molecule has 0 unspecified atom stereocenters. The minimum Gasteiger partial charge on any atom is -0.418 e. The number of hydrogen-bond acceptors (Lipinski definition) is 6. The molecule has 0 N–H and O–H groups in total. The predicted molar refractivity (Wildman–Crippen MR) is 98.3 cm³/mol. The number of aromatic nitrogens is 2. The summed E-state index contributed by atoms with van der Waals surface area (Å²) in [7, 11) is 0. The first-order chi connectivity index (χ1) is 11.9. The van der Waals surface area contributed by atoms with Gasteiger partial charge in [0.25, 0.3) is 5.89 Å². The van der Waals surface area contributed by atoms with Gasteiger partial charge in [-0.05, 0) is 24.8 Å². The van der Waals surface area contributed by atoms with Gasteiger partial charge in [0.1, 0.15) is 0 Å². The first kappa shape index (κ1) is 18.1. The van der Waals surface area contributed by atoms with Gasteiger partial charge < -0.3 is 9.32 Å². The zero-order chi connectivity index (χ0) is 18.0. The monoisotopic (exact) mass is 362 g/mol. The van der Waals surface area contributed by atoms with E-state index in [2.05, 4.69) is 22.0 Å². The van der Waals surface area contributed by atoms with Crippen molar-refractivity contribution in [3.05, 3.63) is 23.4 Å². The molecule has 25 heavy (non-hydrogen) atoms. The van der Waals surface area contributed by atoms with Crippen molar-refractivity contribution < 1.29 is 9.21 Å². The molecule has 0 radical (unpaired) electrons. The van der Waals surface area contributed by atoms with Crippen LogP contribution in [0.25, 0.3) is 10.8 Å². The second-order valence-corrected chi connectivity index (χ2v) is 8.48. The summed E-state index contributed by atoms with van der Waals surface area (Å²) in [6.45, 7) is 11.3. The fourth-order valence-electron chi connectivity index (χ4n) is 3.06.